The van der Waals surface area contributed by atoms with Gasteiger partial charge in [0.2, 0.25) is 11.0 Å². The van der Waals surface area contributed by atoms with Crippen molar-refractivity contribution in [1.82, 2.24) is 14.8 Å². The molecule has 0 aliphatic rings. The molecule has 0 fully saturated rings. The van der Waals surface area contributed by atoms with E-state index in [1.54, 1.807) is 4.68 Å². The van der Waals surface area contributed by atoms with Crippen molar-refractivity contribution in [2.24, 2.45) is 0 Å². The normalized spacial score (nSPS) is 10.8. The van der Waals surface area contributed by atoms with Gasteiger partial charge in [-0.3, -0.25) is 4.79 Å². The summed E-state index contributed by atoms with van der Waals surface area (Å²) >= 11 is 1.49. The average Bonchev–Trinajstić information content (AvgIpc) is 3.30. The molecule has 5 nitrogen and oxygen atoms in total. The summed E-state index contributed by atoms with van der Waals surface area (Å²) in [4.78, 5) is 16.4. The number of benzene rings is 2. The number of aromatic nitrogens is 3. The van der Waals surface area contributed by atoms with Crippen molar-refractivity contribution in [3.8, 4) is 27.6 Å². The van der Waals surface area contributed by atoms with Gasteiger partial charge < -0.3 is 5.32 Å². The Bertz CT molecular complexity index is 1120. The highest BCUT2D eigenvalue weighted by Gasteiger charge is 2.15. The van der Waals surface area contributed by atoms with Gasteiger partial charge in [-0.15, -0.1) is 11.3 Å². The van der Waals surface area contributed by atoms with Crippen molar-refractivity contribution in [3.63, 3.8) is 0 Å². The zero-order valence-corrected chi connectivity index (χ0v) is 16.7. The largest absolute Gasteiger partial charge is 0.311 e. The minimum absolute atomic E-state index is 0.146. The number of nitrogens with one attached hydrogen (secondary N) is 1. The van der Waals surface area contributed by atoms with Crippen molar-refractivity contribution >= 4 is 23.1 Å². The summed E-state index contributed by atoms with van der Waals surface area (Å²) in [5.74, 6) is 0.458. The van der Waals surface area contributed by atoms with Gasteiger partial charge >= 0.3 is 0 Å². The quantitative estimate of drug-likeness (QED) is 0.520. The molecular weight excluding hydrogens is 368 g/mol. The highest BCUT2D eigenvalue weighted by Crippen LogP contribution is 2.29. The number of carbonyl (C=O) groups is 1. The van der Waals surface area contributed by atoms with Crippen LogP contribution in [0.5, 0.6) is 0 Å². The van der Waals surface area contributed by atoms with E-state index in [1.807, 2.05) is 42.6 Å². The molecule has 140 valence electrons. The lowest BCUT2D eigenvalue weighted by molar-refractivity contribution is -0.114. The fraction of sp³-hybridized carbons (Fsp3) is 0.136. The summed E-state index contributed by atoms with van der Waals surface area (Å²) in [6.45, 7) is 5.60. The molecule has 4 aromatic rings. The second-order valence-corrected chi connectivity index (χ2v) is 7.59. The molecule has 0 spiro atoms. The summed E-state index contributed by atoms with van der Waals surface area (Å²) in [5.41, 5.74) is 6.12. The topological polar surface area (TPSA) is 59.8 Å². The standard InChI is InChI=1S/C22H20N4OS/c1-14-4-8-17(9-5-14)19-12-21(23-16(3)27)26(25-19)22-24-20(13-28-22)18-10-6-15(2)7-11-18/h4-13H,1-3H3,(H,23,27). The van der Waals surface area contributed by atoms with Gasteiger partial charge in [0.15, 0.2) is 0 Å². The number of rotatable bonds is 4. The summed E-state index contributed by atoms with van der Waals surface area (Å²) in [5, 5.41) is 10.3. The molecule has 0 aliphatic carbocycles. The van der Waals surface area contributed by atoms with Crippen LogP contribution in [0.15, 0.2) is 60.0 Å². The van der Waals surface area contributed by atoms with E-state index < -0.39 is 0 Å². The number of anilines is 1. The Balaban J connectivity index is 1.74. The van der Waals surface area contributed by atoms with E-state index >= 15 is 0 Å². The Morgan fingerprint density at radius 2 is 1.50 bits per heavy atom. The van der Waals surface area contributed by atoms with Crippen LogP contribution in [0.3, 0.4) is 0 Å². The zero-order chi connectivity index (χ0) is 19.7. The first-order valence-electron chi connectivity index (χ1n) is 8.97. The van der Waals surface area contributed by atoms with Gasteiger partial charge in [0.25, 0.3) is 0 Å². The molecule has 2 heterocycles. The highest BCUT2D eigenvalue weighted by atomic mass is 32.1. The van der Waals surface area contributed by atoms with Gasteiger partial charge in [0, 0.05) is 29.5 Å². The van der Waals surface area contributed by atoms with E-state index in [-0.39, 0.29) is 5.91 Å². The molecule has 2 aromatic carbocycles. The molecule has 2 aromatic heterocycles. The number of carbonyl (C=O) groups excluding carboxylic acids is 1. The Morgan fingerprint density at radius 1 is 0.929 bits per heavy atom. The van der Waals surface area contributed by atoms with Crippen molar-refractivity contribution in [3.05, 3.63) is 71.1 Å². The van der Waals surface area contributed by atoms with Crippen molar-refractivity contribution < 1.29 is 4.79 Å². The van der Waals surface area contributed by atoms with Crippen LogP contribution in [-0.2, 0) is 4.79 Å². The van der Waals surface area contributed by atoms with Gasteiger partial charge in [-0.1, -0.05) is 59.7 Å². The van der Waals surface area contributed by atoms with Gasteiger partial charge in [0.05, 0.1) is 11.4 Å². The van der Waals surface area contributed by atoms with Crippen molar-refractivity contribution in [1.29, 1.82) is 0 Å². The summed E-state index contributed by atoms with van der Waals surface area (Å²) in [6, 6.07) is 18.3. The lowest BCUT2D eigenvalue weighted by Crippen LogP contribution is -2.10. The van der Waals surface area contributed by atoms with Crippen LogP contribution in [0.1, 0.15) is 18.1 Å². The highest BCUT2D eigenvalue weighted by molar-refractivity contribution is 7.12. The number of thiazole rings is 1. The molecule has 0 saturated heterocycles. The molecule has 0 bridgehead atoms. The third-order valence-electron chi connectivity index (χ3n) is 4.38. The Hall–Kier alpha value is -3.25. The molecule has 0 aliphatic heterocycles. The predicted molar refractivity (Wildman–Crippen MR) is 114 cm³/mol. The molecule has 0 unspecified atom stereocenters. The molecule has 1 amide bonds. The molecule has 0 saturated carbocycles. The van der Waals surface area contributed by atoms with E-state index in [0.29, 0.717) is 10.9 Å². The van der Waals surface area contributed by atoms with Crippen LogP contribution in [-0.4, -0.2) is 20.7 Å². The van der Waals surface area contributed by atoms with Crippen LogP contribution in [0.2, 0.25) is 0 Å². The molecular formula is C22H20N4OS. The lowest BCUT2D eigenvalue weighted by Gasteiger charge is -2.03. The third kappa shape index (κ3) is 3.73. The molecule has 1 N–H and O–H groups in total. The monoisotopic (exact) mass is 388 g/mol. The fourth-order valence-corrected chi connectivity index (χ4v) is 3.68. The average molecular weight is 388 g/mol. The first kappa shape index (κ1) is 18.1. The smallest absolute Gasteiger partial charge is 0.222 e. The zero-order valence-electron chi connectivity index (χ0n) is 15.9. The van der Waals surface area contributed by atoms with E-state index in [1.165, 1.54) is 29.4 Å². The van der Waals surface area contributed by atoms with Crippen LogP contribution >= 0.6 is 11.3 Å². The number of amides is 1. The first-order chi connectivity index (χ1) is 13.5. The minimum Gasteiger partial charge on any atom is -0.311 e. The van der Waals surface area contributed by atoms with Crippen LogP contribution in [0.25, 0.3) is 27.6 Å². The van der Waals surface area contributed by atoms with Crippen LogP contribution in [0.4, 0.5) is 5.82 Å². The second-order valence-electron chi connectivity index (χ2n) is 6.76. The molecule has 6 heteroatoms. The van der Waals surface area contributed by atoms with E-state index in [2.05, 4.69) is 36.5 Å². The third-order valence-corrected chi connectivity index (χ3v) is 5.20. The van der Waals surface area contributed by atoms with Crippen molar-refractivity contribution in [2.45, 2.75) is 20.8 Å². The SMILES string of the molecule is CC(=O)Nc1cc(-c2ccc(C)cc2)nn1-c1nc(-c2ccc(C)cc2)cs1. The maximum absolute atomic E-state index is 11.7. The Kier molecular flexibility index (Phi) is 4.79. The van der Waals surface area contributed by atoms with Gasteiger partial charge in [0.1, 0.15) is 5.82 Å². The van der Waals surface area contributed by atoms with Gasteiger partial charge in [-0.05, 0) is 13.8 Å². The number of nitrogens with zero attached hydrogens (tertiary/aromatic N) is 3. The van der Waals surface area contributed by atoms with Gasteiger partial charge in [-0.2, -0.15) is 9.78 Å². The minimum atomic E-state index is -0.146. The van der Waals surface area contributed by atoms with Crippen molar-refractivity contribution in [2.75, 3.05) is 5.32 Å². The second kappa shape index (κ2) is 7.40. The van der Waals surface area contributed by atoms with Crippen LogP contribution in [0, 0.1) is 13.8 Å². The van der Waals surface area contributed by atoms with Gasteiger partial charge in [-0.25, -0.2) is 4.98 Å². The molecule has 0 radical (unpaired) electrons. The Morgan fingerprint density at radius 3 is 2.07 bits per heavy atom. The first-order valence-corrected chi connectivity index (χ1v) is 9.85. The molecule has 28 heavy (non-hydrogen) atoms. The van der Waals surface area contributed by atoms with Crippen LogP contribution < -0.4 is 5.32 Å². The molecule has 4 rings (SSSR count). The maximum Gasteiger partial charge on any atom is 0.222 e. The summed E-state index contributed by atoms with van der Waals surface area (Å²) in [6.07, 6.45) is 0. The Labute approximate surface area is 167 Å². The number of aryl methyl sites for hydroxylation is 2. The maximum atomic E-state index is 11.7. The van der Waals surface area contributed by atoms with E-state index in [0.717, 1.165) is 22.5 Å². The van der Waals surface area contributed by atoms with E-state index in [9.17, 15) is 4.79 Å². The summed E-state index contributed by atoms with van der Waals surface area (Å²) in [7, 11) is 0. The number of hydrogen-bond donors (Lipinski definition) is 1. The fourth-order valence-electron chi connectivity index (χ4n) is 2.88. The van der Waals surface area contributed by atoms with E-state index in [4.69, 9.17) is 10.1 Å². The number of hydrogen-bond acceptors (Lipinski definition) is 4. The summed E-state index contributed by atoms with van der Waals surface area (Å²) < 4.78 is 1.69. The lowest BCUT2D eigenvalue weighted by atomic mass is 10.1. The molecule has 0 atom stereocenters. The predicted octanol–water partition coefficient (Wildman–Crippen LogP) is 5.24.